The van der Waals surface area contributed by atoms with Crippen LogP contribution in [0.2, 0.25) is 0 Å². The highest BCUT2D eigenvalue weighted by molar-refractivity contribution is 6.02. The summed E-state index contributed by atoms with van der Waals surface area (Å²) in [7, 11) is 0. The molecule has 1 aromatic carbocycles. The molecule has 0 unspecified atom stereocenters. The Balaban J connectivity index is 2.05. The molecule has 0 aliphatic rings. The molecule has 7 nitrogen and oxygen atoms in total. The minimum atomic E-state index is -0.367. The summed E-state index contributed by atoms with van der Waals surface area (Å²) in [5.74, 6) is 5.17. The number of carbonyl (C=O) groups is 1. The molecule has 2 aromatic rings. The molecule has 0 bridgehead atoms. The molecular weight excluding hydrogens is 256 g/mol. The monoisotopic (exact) mass is 268 g/mol. The van der Waals surface area contributed by atoms with Gasteiger partial charge in [-0.3, -0.25) is 4.79 Å². The third kappa shape index (κ3) is 3.28. The number of nitriles is 1. The number of nitrogens with one attached hydrogen (secondary N) is 2. The van der Waals surface area contributed by atoms with Gasteiger partial charge in [-0.2, -0.15) is 5.26 Å². The average molecular weight is 268 g/mol. The Bertz CT molecular complexity index is 629. The van der Waals surface area contributed by atoms with Gasteiger partial charge in [-0.25, -0.2) is 15.8 Å². The zero-order chi connectivity index (χ0) is 14.4. The lowest BCUT2D eigenvalue weighted by molar-refractivity contribution is 0.102. The van der Waals surface area contributed by atoms with Crippen LogP contribution in [0, 0.1) is 11.3 Å². The molecule has 0 saturated carbocycles. The number of anilines is 2. The van der Waals surface area contributed by atoms with E-state index in [1.165, 1.54) is 12.4 Å². The van der Waals surface area contributed by atoms with E-state index in [1.807, 2.05) is 0 Å². The van der Waals surface area contributed by atoms with Crippen LogP contribution in [0.25, 0.3) is 0 Å². The molecule has 2 rings (SSSR count). The van der Waals surface area contributed by atoms with Gasteiger partial charge in [-0.15, -0.1) is 0 Å². The Morgan fingerprint density at radius 2 is 2.00 bits per heavy atom. The first-order chi connectivity index (χ1) is 9.72. The van der Waals surface area contributed by atoms with E-state index in [4.69, 9.17) is 11.1 Å². The highest BCUT2D eigenvalue weighted by atomic mass is 16.1. The summed E-state index contributed by atoms with van der Waals surface area (Å²) in [6.07, 6.45) is 3.03. The fourth-order valence-electron chi connectivity index (χ4n) is 1.51. The molecule has 0 fully saturated rings. The van der Waals surface area contributed by atoms with E-state index < -0.39 is 0 Å². The summed E-state index contributed by atoms with van der Waals surface area (Å²) >= 11 is 0. The summed E-state index contributed by atoms with van der Waals surface area (Å²) in [5.41, 5.74) is 4.03. The lowest BCUT2D eigenvalue weighted by atomic mass is 10.1. The van der Waals surface area contributed by atoms with Gasteiger partial charge in [-0.1, -0.05) is 12.1 Å². The molecule has 4 N–H and O–H groups in total. The van der Waals surface area contributed by atoms with Gasteiger partial charge in [-0.05, 0) is 17.7 Å². The summed E-state index contributed by atoms with van der Waals surface area (Å²) in [5, 5.41) is 11.3. The topological polar surface area (TPSA) is 117 Å². The number of amides is 1. The van der Waals surface area contributed by atoms with Crippen molar-refractivity contribution >= 4 is 17.4 Å². The van der Waals surface area contributed by atoms with Crippen molar-refractivity contribution in [1.29, 1.82) is 5.26 Å². The number of carbonyl (C=O) groups excluding carboxylic acids is 1. The van der Waals surface area contributed by atoms with E-state index in [0.717, 1.165) is 5.56 Å². The first-order valence-electron chi connectivity index (χ1n) is 5.79. The van der Waals surface area contributed by atoms with Gasteiger partial charge in [0.25, 0.3) is 5.91 Å². The molecule has 20 heavy (non-hydrogen) atoms. The average Bonchev–Trinajstić information content (AvgIpc) is 2.49. The number of nitrogen functional groups attached to an aromatic ring is 1. The molecule has 0 spiro atoms. The first-order valence-corrected chi connectivity index (χ1v) is 5.79. The van der Waals surface area contributed by atoms with Crippen molar-refractivity contribution in [2.24, 2.45) is 5.84 Å². The molecule has 0 atom stereocenters. The standard InChI is InChI=1S/C13H12N6O/c14-6-5-9-1-3-10(4-2-9)18-13(20)11-7-17-12(19-15)8-16-11/h1-4,7-8H,5,15H2,(H,17,19)(H,18,20). The minimum absolute atomic E-state index is 0.185. The Morgan fingerprint density at radius 3 is 2.55 bits per heavy atom. The highest BCUT2D eigenvalue weighted by Crippen LogP contribution is 2.11. The molecule has 1 amide bonds. The predicted octanol–water partition coefficient (Wildman–Crippen LogP) is 1.08. The second-order valence-corrected chi connectivity index (χ2v) is 3.92. The normalized spacial score (nSPS) is 9.60. The third-order valence-electron chi connectivity index (χ3n) is 2.53. The van der Waals surface area contributed by atoms with Crippen molar-refractivity contribution < 1.29 is 4.79 Å². The Hall–Kier alpha value is -2.98. The van der Waals surface area contributed by atoms with Gasteiger partial charge in [0.2, 0.25) is 0 Å². The lowest BCUT2D eigenvalue weighted by Crippen LogP contribution is -2.15. The smallest absolute Gasteiger partial charge is 0.275 e. The number of hydrazine groups is 1. The van der Waals surface area contributed by atoms with Crippen LogP contribution in [0.3, 0.4) is 0 Å². The number of hydrogen-bond acceptors (Lipinski definition) is 6. The molecule has 0 aliphatic heterocycles. The molecule has 7 heteroatoms. The van der Waals surface area contributed by atoms with Crippen LogP contribution in [-0.2, 0) is 6.42 Å². The molecule has 1 aromatic heterocycles. The highest BCUT2D eigenvalue weighted by Gasteiger charge is 2.08. The molecule has 0 saturated heterocycles. The minimum Gasteiger partial charge on any atom is -0.321 e. The van der Waals surface area contributed by atoms with Crippen LogP contribution in [0.1, 0.15) is 16.1 Å². The number of aromatic nitrogens is 2. The van der Waals surface area contributed by atoms with E-state index in [9.17, 15) is 4.79 Å². The summed E-state index contributed by atoms with van der Waals surface area (Å²) in [6.45, 7) is 0. The second-order valence-electron chi connectivity index (χ2n) is 3.92. The van der Waals surface area contributed by atoms with Gasteiger partial charge in [0, 0.05) is 5.69 Å². The summed E-state index contributed by atoms with van der Waals surface area (Å²) < 4.78 is 0. The fraction of sp³-hybridized carbons (Fsp3) is 0.0769. The first kappa shape index (κ1) is 13.5. The number of nitrogens with two attached hydrogens (primary N) is 1. The van der Waals surface area contributed by atoms with E-state index in [-0.39, 0.29) is 11.6 Å². The molecular formula is C13H12N6O. The van der Waals surface area contributed by atoms with Crippen LogP contribution in [0.4, 0.5) is 11.5 Å². The molecule has 0 aliphatic carbocycles. The van der Waals surface area contributed by atoms with E-state index in [1.54, 1.807) is 24.3 Å². The molecule has 100 valence electrons. The van der Waals surface area contributed by atoms with Gasteiger partial charge in [0.15, 0.2) is 5.82 Å². The Kier molecular flexibility index (Phi) is 4.21. The van der Waals surface area contributed by atoms with E-state index in [2.05, 4.69) is 26.8 Å². The maximum Gasteiger partial charge on any atom is 0.275 e. The number of nitrogens with zero attached hydrogens (tertiary/aromatic N) is 3. The number of hydrogen-bond donors (Lipinski definition) is 3. The molecule has 0 radical (unpaired) electrons. The van der Waals surface area contributed by atoms with Gasteiger partial charge < -0.3 is 10.7 Å². The van der Waals surface area contributed by atoms with Crippen molar-refractivity contribution in [3.63, 3.8) is 0 Å². The largest absolute Gasteiger partial charge is 0.321 e. The van der Waals surface area contributed by atoms with Crippen molar-refractivity contribution in [2.75, 3.05) is 10.7 Å². The Morgan fingerprint density at radius 1 is 1.25 bits per heavy atom. The predicted molar refractivity (Wildman–Crippen MR) is 73.6 cm³/mol. The van der Waals surface area contributed by atoms with Crippen LogP contribution in [0.15, 0.2) is 36.7 Å². The maximum atomic E-state index is 11.9. The second kappa shape index (κ2) is 6.26. The zero-order valence-corrected chi connectivity index (χ0v) is 10.5. The maximum absolute atomic E-state index is 11.9. The van der Waals surface area contributed by atoms with Crippen LogP contribution in [0.5, 0.6) is 0 Å². The van der Waals surface area contributed by atoms with Crippen molar-refractivity contribution in [3.8, 4) is 6.07 Å². The molecule has 1 heterocycles. The number of rotatable bonds is 4. The quantitative estimate of drug-likeness (QED) is 0.564. The number of benzene rings is 1. The van der Waals surface area contributed by atoms with Crippen LogP contribution in [-0.4, -0.2) is 15.9 Å². The van der Waals surface area contributed by atoms with Gasteiger partial charge in [0.05, 0.1) is 24.9 Å². The Labute approximate surface area is 115 Å². The van der Waals surface area contributed by atoms with Crippen LogP contribution < -0.4 is 16.6 Å². The van der Waals surface area contributed by atoms with Crippen LogP contribution >= 0.6 is 0 Å². The van der Waals surface area contributed by atoms with Crippen molar-refractivity contribution in [3.05, 3.63) is 47.9 Å². The van der Waals surface area contributed by atoms with E-state index in [0.29, 0.717) is 17.9 Å². The van der Waals surface area contributed by atoms with Crippen molar-refractivity contribution in [2.45, 2.75) is 6.42 Å². The van der Waals surface area contributed by atoms with Crippen molar-refractivity contribution in [1.82, 2.24) is 9.97 Å². The zero-order valence-electron chi connectivity index (χ0n) is 10.5. The fourth-order valence-corrected chi connectivity index (χ4v) is 1.51. The third-order valence-corrected chi connectivity index (χ3v) is 2.53. The lowest BCUT2D eigenvalue weighted by Gasteiger charge is -2.05. The SMILES string of the molecule is N#CCc1ccc(NC(=O)c2cnc(NN)cn2)cc1. The summed E-state index contributed by atoms with van der Waals surface area (Å²) in [6, 6.07) is 9.09. The van der Waals surface area contributed by atoms with Gasteiger partial charge >= 0.3 is 0 Å². The summed E-state index contributed by atoms with van der Waals surface area (Å²) in [4.78, 5) is 19.7. The van der Waals surface area contributed by atoms with Gasteiger partial charge in [0.1, 0.15) is 5.69 Å². The van der Waals surface area contributed by atoms with E-state index >= 15 is 0 Å².